The molecule has 1 aliphatic heterocycles. The number of rotatable bonds is 6. The summed E-state index contributed by atoms with van der Waals surface area (Å²) in [5, 5.41) is 3.41. The van der Waals surface area contributed by atoms with Gasteiger partial charge in [0.2, 0.25) is 0 Å². The van der Waals surface area contributed by atoms with Crippen molar-refractivity contribution in [3.05, 3.63) is 106 Å². The van der Waals surface area contributed by atoms with Crippen LogP contribution in [-0.4, -0.2) is 5.78 Å². The van der Waals surface area contributed by atoms with E-state index < -0.39 is 0 Å². The van der Waals surface area contributed by atoms with Crippen LogP contribution in [0.4, 0.5) is 11.4 Å². The number of ketones is 1. The van der Waals surface area contributed by atoms with Gasteiger partial charge in [-0.15, -0.1) is 0 Å². The van der Waals surface area contributed by atoms with E-state index in [-0.39, 0.29) is 5.78 Å². The third-order valence-corrected chi connectivity index (χ3v) is 6.54. The van der Waals surface area contributed by atoms with Crippen molar-refractivity contribution in [3.8, 4) is 5.75 Å². The van der Waals surface area contributed by atoms with E-state index in [1.54, 1.807) is 17.8 Å². The van der Waals surface area contributed by atoms with Gasteiger partial charge in [0.15, 0.2) is 5.78 Å². The second kappa shape index (κ2) is 9.10. The number of carbonyl (C=O) groups excluding carboxylic acids is 1. The highest BCUT2D eigenvalue weighted by atomic mass is 79.9. The SMILES string of the molecule is O=C(/C=C/c1ccc(COc2cccc(Br)c2)o1)c1ccc2c(c1)Nc1ccccc1S2. The molecule has 0 aliphatic carbocycles. The number of fused-ring (bicyclic) bond motifs is 2. The molecule has 4 nitrogen and oxygen atoms in total. The molecule has 0 fully saturated rings. The Morgan fingerprint density at radius 2 is 1.84 bits per heavy atom. The van der Waals surface area contributed by atoms with E-state index in [1.165, 1.54) is 11.0 Å². The summed E-state index contributed by atoms with van der Waals surface area (Å²) in [6.07, 6.45) is 3.21. The first-order valence-electron chi connectivity index (χ1n) is 10.0. The fourth-order valence-electron chi connectivity index (χ4n) is 3.32. The summed E-state index contributed by atoms with van der Waals surface area (Å²) in [5.41, 5.74) is 2.62. The Labute approximate surface area is 198 Å². The van der Waals surface area contributed by atoms with Gasteiger partial charge in [0.05, 0.1) is 11.4 Å². The Hall–Kier alpha value is -3.22. The molecule has 0 radical (unpaired) electrons. The van der Waals surface area contributed by atoms with Crippen molar-refractivity contribution in [3.63, 3.8) is 0 Å². The van der Waals surface area contributed by atoms with Crippen LogP contribution in [0.1, 0.15) is 21.9 Å². The number of ether oxygens (including phenoxy) is 1. The number of nitrogens with one attached hydrogen (secondary N) is 1. The van der Waals surface area contributed by atoms with Crippen molar-refractivity contribution in [1.82, 2.24) is 0 Å². The van der Waals surface area contributed by atoms with Crippen LogP contribution in [-0.2, 0) is 6.61 Å². The number of allylic oxidation sites excluding steroid dienone is 1. The largest absolute Gasteiger partial charge is 0.486 e. The van der Waals surface area contributed by atoms with Gasteiger partial charge in [0.25, 0.3) is 0 Å². The van der Waals surface area contributed by atoms with Gasteiger partial charge in [-0.1, -0.05) is 45.9 Å². The quantitative estimate of drug-likeness (QED) is 0.190. The third kappa shape index (κ3) is 4.66. The van der Waals surface area contributed by atoms with Gasteiger partial charge in [-0.05, 0) is 72.8 Å². The molecule has 2 heterocycles. The van der Waals surface area contributed by atoms with Gasteiger partial charge >= 0.3 is 0 Å². The van der Waals surface area contributed by atoms with Crippen molar-refractivity contribution in [2.75, 3.05) is 5.32 Å². The van der Waals surface area contributed by atoms with Crippen LogP contribution in [0, 0.1) is 0 Å². The van der Waals surface area contributed by atoms with Gasteiger partial charge in [0.1, 0.15) is 23.9 Å². The predicted molar refractivity (Wildman–Crippen MR) is 131 cm³/mol. The molecular formula is C26H18BrNO3S. The van der Waals surface area contributed by atoms with E-state index in [9.17, 15) is 4.79 Å². The highest BCUT2D eigenvalue weighted by Crippen LogP contribution is 2.44. The summed E-state index contributed by atoms with van der Waals surface area (Å²) in [4.78, 5) is 15.0. The predicted octanol–water partition coefficient (Wildman–Crippen LogP) is 7.73. The number of anilines is 2. The van der Waals surface area contributed by atoms with E-state index in [0.717, 1.165) is 26.5 Å². The number of carbonyl (C=O) groups is 1. The number of hydrogen-bond acceptors (Lipinski definition) is 5. The van der Waals surface area contributed by atoms with Crippen LogP contribution in [0.15, 0.2) is 104 Å². The van der Waals surface area contributed by atoms with Crippen LogP contribution >= 0.6 is 27.7 Å². The van der Waals surface area contributed by atoms with Gasteiger partial charge in [-0.2, -0.15) is 0 Å². The van der Waals surface area contributed by atoms with Crippen molar-refractivity contribution < 1.29 is 13.9 Å². The molecule has 4 aromatic rings. The van der Waals surface area contributed by atoms with Crippen LogP contribution in [0.5, 0.6) is 5.75 Å². The first kappa shape index (κ1) is 20.7. The highest BCUT2D eigenvalue weighted by Gasteiger charge is 2.16. The number of benzene rings is 3. The smallest absolute Gasteiger partial charge is 0.186 e. The zero-order valence-electron chi connectivity index (χ0n) is 16.9. The van der Waals surface area contributed by atoms with E-state index in [1.807, 2.05) is 72.8 Å². The second-order valence-corrected chi connectivity index (χ2v) is 9.18. The molecule has 0 unspecified atom stereocenters. The molecule has 32 heavy (non-hydrogen) atoms. The molecule has 0 bridgehead atoms. The van der Waals surface area contributed by atoms with E-state index in [2.05, 4.69) is 27.3 Å². The van der Waals surface area contributed by atoms with Gasteiger partial charge in [-0.3, -0.25) is 4.79 Å². The lowest BCUT2D eigenvalue weighted by Gasteiger charge is -2.20. The number of furan rings is 1. The fraction of sp³-hybridized carbons (Fsp3) is 0.0385. The number of para-hydroxylation sites is 1. The average molecular weight is 504 g/mol. The van der Waals surface area contributed by atoms with Crippen molar-refractivity contribution >= 4 is 50.9 Å². The van der Waals surface area contributed by atoms with Crippen LogP contribution < -0.4 is 10.1 Å². The monoisotopic (exact) mass is 503 g/mol. The molecule has 1 aliphatic rings. The molecule has 0 spiro atoms. The Morgan fingerprint density at radius 1 is 0.969 bits per heavy atom. The second-order valence-electron chi connectivity index (χ2n) is 7.18. The summed E-state index contributed by atoms with van der Waals surface area (Å²) in [7, 11) is 0. The molecule has 1 aromatic heterocycles. The standard InChI is InChI=1S/C26H18BrNO3S/c27-18-4-3-5-20(15-18)30-16-21-10-9-19(31-21)11-12-24(29)17-8-13-26-23(14-17)28-22-6-1-2-7-25(22)32-26/h1-15,28H,16H2/b12-11+. The minimum absolute atomic E-state index is 0.0817. The molecule has 158 valence electrons. The summed E-state index contributed by atoms with van der Waals surface area (Å²) >= 11 is 5.12. The van der Waals surface area contributed by atoms with Crippen molar-refractivity contribution in [1.29, 1.82) is 0 Å². The topological polar surface area (TPSA) is 51.5 Å². The Morgan fingerprint density at radius 3 is 2.75 bits per heavy atom. The normalized spacial score (nSPS) is 12.2. The first-order valence-corrected chi connectivity index (χ1v) is 11.6. The molecule has 0 atom stereocenters. The Kier molecular flexibility index (Phi) is 5.88. The zero-order valence-corrected chi connectivity index (χ0v) is 19.3. The lowest BCUT2D eigenvalue weighted by molar-refractivity contribution is 0.104. The van der Waals surface area contributed by atoms with Gasteiger partial charge in [-0.25, -0.2) is 0 Å². The van der Waals surface area contributed by atoms with E-state index in [0.29, 0.717) is 23.7 Å². The van der Waals surface area contributed by atoms with Gasteiger partial charge < -0.3 is 14.5 Å². The summed E-state index contributed by atoms with van der Waals surface area (Å²) in [6, 6.07) is 25.2. The van der Waals surface area contributed by atoms with Crippen molar-refractivity contribution in [2.45, 2.75) is 16.4 Å². The zero-order chi connectivity index (χ0) is 21.9. The lowest BCUT2D eigenvalue weighted by Crippen LogP contribution is -2.02. The Bertz CT molecular complexity index is 1330. The van der Waals surface area contributed by atoms with Crippen LogP contribution in [0.3, 0.4) is 0 Å². The van der Waals surface area contributed by atoms with E-state index in [4.69, 9.17) is 9.15 Å². The summed E-state index contributed by atoms with van der Waals surface area (Å²) in [5.74, 6) is 1.96. The Balaban J connectivity index is 1.23. The maximum absolute atomic E-state index is 12.7. The molecule has 1 N–H and O–H groups in total. The molecule has 6 heteroatoms. The molecule has 0 saturated heterocycles. The van der Waals surface area contributed by atoms with E-state index >= 15 is 0 Å². The van der Waals surface area contributed by atoms with Crippen LogP contribution in [0.25, 0.3) is 6.08 Å². The third-order valence-electron chi connectivity index (χ3n) is 4.90. The summed E-state index contributed by atoms with van der Waals surface area (Å²) < 4.78 is 12.5. The summed E-state index contributed by atoms with van der Waals surface area (Å²) in [6.45, 7) is 0.313. The minimum Gasteiger partial charge on any atom is -0.486 e. The molecule has 3 aromatic carbocycles. The molecule has 0 saturated carbocycles. The first-order chi connectivity index (χ1) is 15.6. The lowest BCUT2D eigenvalue weighted by atomic mass is 10.1. The minimum atomic E-state index is -0.0817. The van der Waals surface area contributed by atoms with Crippen molar-refractivity contribution in [2.24, 2.45) is 0 Å². The molecule has 5 rings (SSSR count). The maximum Gasteiger partial charge on any atom is 0.186 e. The number of halogens is 1. The average Bonchev–Trinajstić information content (AvgIpc) is 3.27. The number of hydrogen-bond donors (Lipinski definition) is 1. The maximum atomic E-state index is 12.7. The highest BCUT2D eigenvalue weighted by molar-refractivity contribution is 9.10. The van der Waals surface area contributed by atoms with Crippen LogP contribution in [0.2, 0.25) is 0 Å². The molecule has 0 amide bonds. The fourth-order valence-corrected chi connectivity index (χ4v) is 4.67. The van der Waals surface area contributed by atoms with Gasteiger partial charge in [0, 0.05) is 19.8 Å². The molecular weight excluding hydrogens is 486 g/mol.